The number of rotatable bonds is 4. The van der Waals surface area contributed by atoms with Gasteiger partial charge in [0.25, 0.3) is 0 Å². The van der Waals surface area contributed by atoms with Crippen LogP contribution >= 0.6 is 0 Å². The number of primary amides is 1. The first-order valence-corrected chi connectivity index (χ1v) is 4.52. The maximum Gasteiger partial charge on any atom is 0.312 e. The molecule has 0 unspecified atom stereocenters. The smallest absolute Gasteiger partial charge is 0.312 e. The average Bonchev–Trinajstić information content (AvgIpc) is 2.15. The Morgan fingerprint density at radius 3 is 2.50 bits per heavy atom. The molecular formula is C10H15N3O. The van der Waals surface area contributed by atoms with Gasteiger partial charge in [-0.15, -0.1) is 0 Å². The number of amides is 2. The van der Waals surface area contributed by atoms with Crippen LogP contribution in [0.15, 0.2) is 24.3 Å². The number of nitrogens with two attached hydrogens (primary N) is 1. The first-order valence-electron chi connectivity index (χ1n) is 4.52. The van der Waals surface area contributed by atoms with Crippen LogP contribution in [0, 0.1) is 6.92 Å². The van der Waals surface area contributed by atoms with Gasteiger partial charge in [-0.2, -0.15) is 0 Å². The molecule has 4 N–H and O–H groups in total. The minimum atomic E-state index is -0.490. The summed E-state index contributed by atoms with van der Waals surface area (Å²) < 4.78 is 0. The highest BCUT2D eigenvalue weighted by molar-refractivity contribution is 5.71. The molecule has 2 amide bonds. The van der Waals surface area contributed by atoms with Crippen LogP contribution in [0.1, 0.15) is 5.56 Å². The van der Waals surface area contributed by atoms with Crippen LogP contribution in [0.5, 0.6) is 0 Å². The Bertz CT molecular complexity index is 295. The van der Waals surface area contributed by atoms with E-state index in [0.717, 1.165) is 5.69 Å². The quantitative estimate of drug-likeness (QED) is 0.626. The molecule has 0 heterocycles. The van der Waals surface area contributed by atoms with Gasteiger partial charge in [0, 0.05) is 18.8 Å². The molecule has 1 rings (SSSR count). The molecule has 0 aliphatic heterocycles. The third-order valence-corrected chi connectivity index (χ3v) is 1.80. The first-order chi connectivity index (χ1) is 6.68. The van der Waals surface area contributed by atoms with Crippen molar-refractivity contribution < 1.29 is 4.79 Å². The first kappa shape index (κ1) is 10.4. The van der Waals surface area contributed by atoms with Crippen LogP contribution < -0.4 is 16.4 Å². The fourth-order valence-electron chi connectivity index (χ4n) is 1.06. The van der Waals surface area contributed by atoms with E-state index in [-0.39, 0.29) is 0 Å². The summed E-state index contributed by atoms with van der Waals surface area (Å²) >= 11 is 0. The van der Waals surface area contributed by atoms with Gasteiger partial charge in [-0.1, -0.05) is 17.7 Å². The summed E-state index contributed by atoms with van der Waals surface area (Å²) in [6, 6.07) is 7.57. The van der Waals surface area contributed by atoms with Crippen LogP contribution in [0.25, 0.3) is 0 Å². The van der Waals surface area contributed by atoms with Crippen molar-refractivity contribution in [3.8, 4) is 0 Å². The Morgan fingerprint density at radius 1 is 1.29 bits per heavy atom. The molecule has 0 atom stereocenters. The number of carbonyl (C=O) groups excluding carboxylic acids is 1. The summed E-state index contributed by atoms with van der Waals surface area (Å²) in [7, 11) is 0. The summed E-state index contributed by atoms with van der Waals surface area (Å²) in [5.74, 6) is 0. The lowest BCUT2D eigenvalue weighted by atomic mass is 10.2. The molecule has 0 radical (unpaired) electrons. The van der Waals surface area contributed by atoms with Gasteiger partial charge in [0.2, 0.25) is 0 Å². The number of benzene rings is 1. The Balaban J connectivity index is 2.25. The Morgan fingerprint density at radius 2 is 1.93 bits per heavy atom. The summed E-state index contributed by atoms with van der Waals surface area (Å²) in [5.41, 5.74) is 7.18. The lowest BCUT2D eigenvalue weighted by molar-refractivity contribution is 0.249. The molecule has 14 heavy (non-hydrogen) atoms. The van der Waals surface area contributed by atoms with Crippen LogP contribution in [-0.4, -0.2) is 19.1 Å². The second-order valence-electron chi connectivity index (χ2n) is 3.08. The summed E-state index contributed by atoms with van der Waals surface area (Å²) in [6.45, 7) is 3.24. The van der Waals surface area contributed by atoms with E-state index in [9.17, 15) is 4.79 Å². The summed E-state index contributed by atoms with van der Waals surface area (Å²) in [5, 5.41) is 5.66. The van der Waals surface area contributed by atoms with Crippen molar-refractivity contribution >= 4 is 11.7 Å². The number of hydrogen-bond donors (Lipinski definition) is 3. The van der Waals surface area contributed by atoms with Gasteiger partial charge < -0.3 is 16.4 Å². The second-order valence-corrected chi connectivity index (χ2v) is 3.08. The van der Waals surface area contributed by atoms with Crippen molar-refractivity contribution in [1.29, 1.82) is 0 Å². The van der Waals surface area contributed by atoms with Crippen molar-refractivity contribution in [1.82, 2.24) is 5.32 Å². The summed E-state index contributed by atoms with van der Waals surface area (Å²) in [4.78, 5) is 10.3. The highest BCUT2D eigenvalue weighted by Crippen LogP contribution is 2.07. The van der Waals surface area contributed by atoms with E-state index in [2.05, 4.69) is 10.6 Å². The number of carbonyl (C=O) groups is 1. The number of anilines is 1. The maximum absolute atomic E-state index is 10.3. The van der Waals surface area contributed by atoms with E-state index >= 15 is 0 Å². The third kappa shape index (κ3) is 3.80. The van der Waals surface area contributed by atoms with Crippen LogP contribution in [0.4, 0.5) is 10.5 Å². The largest absolute Gasteiger partial charge is 0.383 e. The number of urea groups is 1. The number of nitrogens with one attached hydrogen (secondary N) is 2. The lowest BCUT2D eigenvalue weighted by Crippen LogP contribution is -2.33. The highest BCUT2D eigenvalue weighted by atomic mass is 16.2. The SMILES string of the molecule is Cc1ccc(NCCNC(N)=O)cc1. The fraction of sp³-hybridized carbons (Fsp3) is 0.300. The van der Waals surface area contributed by atoms with E-state index < -0.39 is 6.03 Å². The van der Waals surface area contributed by atoms with Gasteiger partial charge >= 0.3 is 6.03 Å². The Kier molecular flexibility index (Phi) is 3.79. The minimum Gasteiger partial charge on any atom is -0.383 e. The molecule has 0 aliphatic rings. The molecule has 0 saturated carbocycles. The zero-order chi connectivity index (χ0) is 10.4. The lowest BCUT2D eigenvalue weighted by Gasteiger charge is -2.06. The van der Waals surface area contributed by atoms with Gasteiger partial charge in [-0.3, -0.25) is 0 Å². The zero-order valence-corrected chi connectivity index (χ0v) is 8.21. The van der Waals surface area contributed by atoms with Crippen molar-refractivity contribution in [2.75, 3.05) is 18.4 Å². The van der Waals surface area contributed by atoms with Crippen LogP contribution in [-0.2, 0) is 0 Å². The molecule has 0 saturated heterocycles. The van der Waals surface area contributed by atoms with Gasteiger partial charge in [0.1, 0.15) is 0 Å². The van der Waals surface area contributed by atoms with Gasteiger partial charge in [-0.05, 0) is 19.1 Å². The molecule has 1 aromatic carbocycles. The molecule has 0 bridgehead atoms. The van der Waals surface area contributed by atoms with Crippen molar-refractivity contribution in [3.05, 3.63) is 29.8 Å². The molecule has 4 heteroatoms. The van der Waals surface area contributed by atoms with Gasteiger partial charge in [0.05, 0.1) is 0 Å². The van der Waals surface area contributed by atoms with Crippen LogP contribution in [0.2, 0.25) is 0 Å². The number of aryl methyl sites for hydroxylation is 1. The van der Waals surface area contributed by atoms with E-state index in [1.807, 2.05) is 31.2 Å². The Labute approximate surface area is 83.5 Å². The van der Waals surface area contributed by atoms with E-state index in [1.165, 1.54) is 5.56 Å². The Hall–Kier alpha value is -1.71. The molecule has 1 aromatic rings. The predicted molar refractivity (Wildman–Crippen MR) is 57.3 cm³/mol. The molecule has 4 nitrogen and oxygen atoms in total. The monoisotopic (exact) mass is 193 g/mol. The number of hydrogen-bond acceptors (Lipinski definition) is 2. The minimum absolute atomic E-state index is 0.490. The van der Waals surface area contributed by atoms with Gasteiger partial charge in [0.15, 0.2) is 0 Å². The van der Waals surface area contributed by atoms with Gasteiger partial charge in [-0.25, -0.2) is 4.79 Å². The average molecular weight is 193 g/mol. The van der Waals surface area contributed by atoms with E-state index in [1.54, 1.807) is 0 Å². The molecule has 0 aromatic heterocycles. The van der Waals surface area contributed by atoms with Crippen molar-refractivity contribution in [3.63, 3.8) is 0 Å². The van der Waals surface area contributed by atoms with E-state index in [0.29, 0.717) is 13.1 Å². The predicted octanol–water partition coefficient (Wildman–Crippen LogP) is 1.08. The molecule has 0 spiro atoms. The standard InChI is InChI=1S/C10H15N3O/c1-8-2-4-9(5-3-8)12-6-7-13-10(11)14/h2-5,12H,6-7H2,1H3,(H3,11,13,14). The van der Waals surface area contributed by atoms with Crippen LogP contribution in [0.3, 0.4) is 0 Å². The normalized spacial score (nSPS) is 9.50. The highest BCUT2D eigenvalue weighted by Gasteiger charge is 1.92. The zero-order valence-electron chi connectivity index (χ0n) is 8.21. The fourth-order valence-corrected chi connectivity index (χ4v) is 1.06. The topological polar surface area (TPSA) is 67.2 Å². The summed E-state index contributed by atoms with van der Waals surface area (Å²) in [6.07, 6.45) is 0. The second kappa shape index (κ2) is 5.11. The van der Waals surface area contributed by atoms with Crippen molar-refractivity contribution in [2.45, 2.75) is 6.92 Å². The van der Waals surface area contributed by atoms with E-state index in [4.69, 9.17) is 5.73 Å². The molecule has 0 aliphatic carbocycles. The molecular weight excluding hydrogens is 178 g/mol. The maximum atomic E-state index is 10.3. The molecule has 0 fully saturated rings. The third-order valence-electron chi connectivity index (χ3n) is 1.80. The molecule has 76 valence electrons. The van der Waals surface area contributed by atoms with Crippen molar-refractivity contribution in [2.24, 2.45) is 5.73 Å².